The Hall–Kier alpha value is -2.80. The largest absolute Gasteiger partial charge is 0.497 e. The Balaban J connectivity index is 1.84. The van der Waals surface area contributed by atoms with E-state index in [9.17, 15) is 0 Å². The van der Waals surface area contributed by atoms with E-state index in [4.69, 9.17) is 14.2 Å². The van der Waals surface area contributed by atoms with Gasteiger partial charge in [-0.05, 0) is 23.3 Å². The minimum Gasteiger partial charge on any atom is -0.497 e. The van der Waals surface area contributed by atoms with E-state index in [1.54, 1.807) is 27.5 Å². The number of ether oxygens (including phenoxy) is 3. The van der Waals surface area contributed by atoms with Crippen molar-refractivity contribution in [3.05, 3.63) is 53.7 Å². The maximum Gasteiger partial charge on any atom is 0.213 e. The van der Waals surface area contributed by atoms with E-state index in [1.807, 2.05) is 31.3 Å². The zero-order valence-corrected chi connectivity index (χ0v) is 16.4. The van der Waals surface area contributed by atoms with Gasteiger partial charge in [0.25, 0.3) is 0 Å². The predicted octanol–water partition coefficient (Wildman–Crippen LogP) is 2.32. The molecule has 0 amide bonds. The highest BCUT2D eigenvalue weighted by Gasteiger charge is 2.07. The van der Waals surface area contributed by atoms with Gasteiger partial charge in [-0.25, -0.2) is 4.98 Å². The summed E-state index contributed by atoms with van der Waals surface area (Å²) in [6.07, 6.45) is 1.80. The lowest BCUT2D eigenvalue weighted by Gasteiger charge is -2.22. The van der Waals surface area contributed by atoms with Crippen molar-refractivity contribution >= 4 is 5.96 Å². The van der Waals surface area contributed by atoms with Crippen LogP contribution >= 0.6 is 0 Å². The average Bonchev–Trinajstić information content (AvgIpc) is 2.70. The molecule has 0 fully saturated rings. The summed E-state index contributed by atoms with van der Waals surface area (Å²) in [6.45, 7) is 2.41. The van der Waals surface area contributed by atoms with Crippen molar-refractivity contribution in [1.82, 2.24) is 15.2 Å². The Kier molecular flexibility index (Phi) is 8.38. The van der Waals surface area contributed by atoms with Crippen LogP contribution in [0.5, 0.6) is 11.6 Å². The molecule has 0 bridgehead atoms. The second kappa shape index (κ2) is 11.0. The zero-order valence-electron chi connectivity index (χ0n) is 16.4. The number of hydrogen-bond donors (Lipinski definition) is 1. The Labute approximate surface area is 161 Å². The van der Waals surface area contributed by atoms with E-state index in [0.717, 1.165) is 23.8 Å². The van der Waals surface area contributed by atoms with Gasteiger partial charge >= 0.3 is 0 Å². The minimum absolute atomic E-state index is 0.490. The van der Waals surface area contributed by atoms with Crippen molar-refractivity contribution in [3.63, 3.8) is 0 Å². The molecule has 27 heavy (non-hydrogen) atoms. The number of pyridine rings is 1. The molecule has 2 rings (SSSR count). The number of nitrogens with one attached hydrogen (secondary N) is 1. The fourth-order valence-electron chi connectivity index (χ4n) is 2.48. The number of aromatic nitrogens is 1. The van der Waals surface area contributed by atoms with Gasteiger partial charge in [-0.3, -0.25) is 4.99 Å². The van der Waals surface area contributed by atoms with Crippen LogP contribution in [0.3, 0.4) is 0 Å². The van der Waals surface area contributed by atoms with Crippen molar-refractivity contribution in [1.29, 1.82) is 0 Å². The molecule has 0 atom stereocenters. The second-order valence-electron chi connectivity index (χ2n) is 5.95. The fourth-order valence-corrected chi connectivity index (χ4v) is 2.48. The smallest absolute Gasteiger partial charge is 0.213 e. The summed E-state index contributed by atoms with van der Waals surface area (Å²) in [5, 5.41) is 3.35. The second-order valence-corrected chi connectivity index (χ2v) is 5.95. The molecular weight excluding hydrogens is 344 g/mol. The lowest BCUT2D eigenvalue weighted by Crippen LogP contribution is -2.38. The molecule has 0 aliphatic carbocycles. The van der Waals surface area contributed by atoms with Gasteiger partial charge in [0, 0.05) is 46.6 Å². The van der Waals surface area contributed by atoms with Crippen LogP contribution in [-0.2, 0) is 17.8 Å². The summed E-state index contributed by atoms with van der Waals surface area (Å²) in [7, 11) is 7.09. The number of nitrogens with zero attached hydrogens (tertiary/aromatic N) is 3. The molecule has 7 heteroatoms. The zero-order chi connectivity index (χ0) is 19.5. The molecule has 1 aromatic heterocycles. The van der Waals surface area contributed by atoms with Crippen LogP contribution in [-0.4, -0.2) is 57.4 Å². The standard InChI is InChI=1S/C20H28N4O3/c1-21-20(24(2)15-16-5-8-18(26-4)9-6-16)23-14-17-7-10-19(22-13-17)27-12-11-25-3/h5-10,13H,11-12,14-15H2,1-4H3,(H,21,23). The first-order valence-electron chi connectivity index (χ1n) is 8.77. The van der Waals surface area contributed by atoms with Gasteiger partial charge in [-0.1, -0.05) is 18.2 Å². The molecule has 0 radical (unpaired) electrons. The Morgan fingerprint density at radius 2 is 1.81 bits per heavy atom. The summed E-state index contributed by atoms with van der Waals surface area (Å²) < 4.78 is 15.6. The summed E-state index contributed by atoms with van der Waals surface area (Å²) in [5.74, 6) is 2.26. The van der Waals surface area contributed by atoms with Crippen molar-refractivity contribution in [2.24, 2.45) is 4.99 Å². The lowest BCUT2D eigenvalue weighted by molar-refractivity contribution is 0.143. The van der Waals surface area contributed by atoms with Crippen LogP contribution in [0.25, 0.3) is 0 Å². The molecule has 0 unspecified atom stereocenters. The molecule has 0 saturated carbocycles. The maximum atomic E-state index is 5.47. The molecule has 1 N–H and O–H groups in total. The Bertz CT molecular complexity index is 702. The van der Waals surface area contributed by atoms with E-state index < -0.39 is 0 Å². The van der Waals surface area contributed by atoms with Gasteiger partial charge in [-0.2, -0.15) is 0 Å². The van der Waals surface area contributed by atoms with Crippen LogP contribution in [0.4, 0.5) is 0 Å². The third kappa shape index (κ3) is 6.79. The highest BCUT2D eigenvalue weighted by molar-refractivity contribution is 5.79. The van der Waals surface area contributed by atoms with E-state index in [2.05, 4.69) is 32.3 Å². The lowest BCUT2D eigenvalue weighted by atomic mass is 10.2. The molecule has 146 valence electrons. The van der Waals surface area contributed by atoms with Crippen molar-refractivity contribution in [2.45, 2.75) is 13.1 Å². The van der Waals surface area contributed by atoms with Gasteiger partial charge in [0.15, 0.2) is 5.96 Å². The fraction of sp³-hybridized carbons (Fsp3) is 0.400. The van der Waals surface area contributed by atoms with Crippen LogP contribution in [0.15, 0.2) is 47.6 Å². The third-order valence-electron chi connectivity index (χ3n) is 3.94. The number of rotatable bonds is 9. The molecule has 0 saturated heterocycles. The monoisotopic (exact) mass is 372 g/mol. The van der Waals surface area contributed by atoms with Crippen molar-refractivity contribution in [3.8, 4) is 11.6 Å². The molecule has 1 aromatic carbocycles. The summed E-state index contributed by atoms with van der Waals surface area (Å²) in [5.41, 5.74) is 2.23. The van der Waals surface area contributed by atoms with Gasteiger partial charge in [0.2, 0.25) is 5.88 Å². The van der Waals surface area contributed by atoms with Gasteiger partial charge in [0.05, 0.1) is 13.7 Å². The molecule has 0 spiro atoms. The van der Waals surface area contributed by atoms with E-state index in [-0.39, 0.29) is 0 Å². The van der Waals surface area contributed by atoms with E-state index >= 15 is 0 Å². The van der Waals surface area contributed by atoms with Crippen LogP contribution in [0, 0.1) is 0 Å². The maximum absolute atomic E-state index is 5.47. The minimum atomic E-state index is 0.490. The van der Waals surface area contributed by atoms with Crippen molar-refractivity contribution < 1.29 is 14.2 Å². The molecule has 1 heterocycles. The molecule has 7 nitrogen and oxygen atoms in total. The number of aliphatic imine (C=N–C) groups is 1. The van der Waals surface area contributed by atoms with Gasteiger partial charge in [-0.15, -0.1) is 0 Å². The normalized spacial score (nSPS) is 11.2. The predicted molar refractivity (Wildman–Crippen MR) is 106 cm³/mol. The van der Waals surface area contributed by atoms with Gasteiger partial charge < -0.3 is 24.4 Å². The molecule has 0 aliphatic heterocycles. The first-order chi connectivity index (χ1) is 13.2. The summed E-state index contributed by atoms with van der Waals surface area (Å²) in [4.78, 5) is 10.7. The molecular formula is C20H28N4O3. The summed E-state index contributed by atoms with van der Waals surface area (Å²) >= 11 is 0. The third-order valence-corrected chi connectivity index (χ3v) is 3.94. The van der Waals surface area contributed by atoms with Crippen LogP contribution < -0.4 is 14.8 Å². The quantitative estimate of drug-likeness (QED) is 0.414. The molecule has 0 aliphatic rings. The first-order valence-corrected chi connectivity index (χ1v) is 8.77. The van der Waals surface area contributed by atoms with Crippen molar-refractivity contribution in [2.75, 3.05) is 41.5 Å². The summed E-state index contributed by atoms with van der Waals surface area (Å²) in [6, 6.07) is 11.9. The Morgan fingerprint density at radius 1 is 1.07 bits per heavy atom. The first kappa shape index (κ1) is 20.5. The van der Waals surface area contributed by atoms with Crippen LogP contribution in [0.2, 0.25) is 0 Å². The van der Waals surface area contributed by atoms with E-state index in [0.29, 0.717) is 25.6 Å². The Morgan fingerprint density at radius 3 is 2.41 bits per heavy atom. The van der Waals surface area contributed by atoms with E-state index in [1.165, 1.54) is 5.56 Å². The van der Waals surface area contributed by atoms with Gasteiger partial charge in [0.1, 0.15) is 12.4 Å². The molecule has 2 aromatic rings. The highest BCUT2D eigenvalue weighted by atomic mass is 16.5. The topological polar surface area (TPSA) is 68.2 Å². The number of benzene rings is 1. The highest BCUT2D eigenvalue weighted by Crippen LogP contribution is 2.13. The number of methoxy groups -OCH3 is 2. The number of hydrogen-bond acceptors (Lipinski definition) is 5. The average molecular weight is 372 g/mol. The SMILES string of the molecule is CN=C(NCc1ccc(OCCOC)nc1)N(C)Cc1ccc(OC)cc1. The number of guanidine groups is 1. The van der Waals surface area contributed by atoms with Crippen LogP contribution in [0.1, 0.15) is 11.1 Å².